The summed E-state index contributed by atoms with van der Waals surface area (Å²) in [5.41, 5.74) is 3.90. The van der Waals surface area contributed by atoms with Gasteiger partial charge in [0.15, 0.2) is 0 Å². The number of benzene rings is 1. The lowest BCUT2D eigenvalue weighted by Crippen LogP contribution is -2.19. The highest BCUT2D eigenvalue weighted by molar-refractivity contribution is 6.30. The average molecular weight is 397 g/mol. The first-order chi connectivity index (χ1) is 12.8. The Balaban J connectivity index is 1.59. The second-order valence-electron chi connectivity index (χ2n) is 5.43. The lowest BCUT2D eigenvalue weighted by Gasteiger charge is -2.04. The Morgan fingerprint density at radius 3 is 2.74 bits per heavy atom. The Morgan fingerprint density at radius 2 is 2.04 bits per heavy atom. The third kappa shape index (κ3) is 5.17. The molecular weight excluding hydrogens is 385 g/mol. The van der Waals surface area contributed by atoms with Gasteiger partial charge < -0.3 is 0 Å². The fourth-order valence-corrected chi connectivity index (χ4v) is 2.27. The largest absolute Gasteiger partial charge is 0.408 e. The molecule has 0 fully saturated rings. The monoisotopic (exact) mass is 396 g/mol. The quantitative estimate of drug-likeness (QED) is 0.512. The molecule has 3 aromatic rings. The van der Waals surface area contributed by atoms with Crippen LogP contribution < -0.4 is 5.43 Å². The number of hydrogen-bond donors (Lipinski definition) is 2. The number of carbonyl (C=O) groups excluding carboxylic acids is 1. The normalized spacial score (nSPS) is 11.9. The number of halogens is 4. The van der Waals surface area contributed by atoms with Gasteiger partial charge in [0.25, 0.3) is 5.91 Å². The Bertz CT molecular complexity index is 961. The topological polar surface area (TPSA) is 88.0 Å². The van der Waals surface area contributed by atoms with E-state index in [-0.39, 0.29) is 11.4 Å². The zero-order chi connectivity index (χ0) is 19.4. The van der Waals surface area contributed by atoms with Crippen LogP contribution in [0.4, 0.5) is 13.2 Å². The Morgan fingerprint density at radius 1 is 1.30 bits per heavy atom. The van der Waals surface area contributed by atoms with E-state index in [0.29, 0.717) is 10.7 Å². The summed E-state index contributed by atoms with van der Waals surface area (Å²) in [6.45, 7) is -1.20. The van der Waals surface area contributed by atoms with Crippen LogP contribution >= 0.6 is 11.6 Å². The first-order valence-corrected chi connectivity index (χ1v) is 7.93. The number of aromatic nitrogens is 4. The smallest absolute Gasteiger partial charge is 0.272 e. The number of amides is 1. The summed E-state index contributed by atoms with van der Waals surface area (Å²) in [6, 6.07) is 9.80. The predicted molar refractivity (Wildman–Crippen MR) is 92.4 cm³/mol. The molecular formula is C16H12ClF3N6O. The van der Waals surface area contributed by atoms with Gasteiger partial charge in [0.2, 0.25) is 0 Å². The fraction of sp³-hybridized carbons (Fsp3) is 0.125. The summed E-state index contributed by atoms with van der Waals surface area (Å²) < 4.78 is 37.6. The Labute approximate surface area is 155 Å². The average Bonchev–Trinajstić information content (AvgIpc) is 3.24. The molecule has 3 rings (SSSR count). The van der Waals surface area contributed by atoms with E-state index in [9.17, 15) is 18.0 Å². The molecule has 2 N–H and O–H groups in total. The van der Waals surface area contributed by atoms with Crippen LogP contribution in [0.1, 0.15) is 16.2 Å². The lowest BCUT2D eigenvalue weighted by molar-refractivity contribution is -0.142. The highest BCUT2D eigenvalue weighted by Crippen LogP contribution is 2.20. The molecule has 0 aliphatic carbocycles. The molecule has 0 saturated heterocycles. The number of rotatable bonds is 5. The van der Waals surface area contributed by atoms with Crippen LogP contribution in [0, 0.1) is 0 Å². The van der Waals surface area contributed by atoms with Crippen LogP contribution in [0.15, 0.2) is 47.7 Å². The van der Waals surface area contributed by atoms with Gasteiger partial charge in [-0.15, -0.1) is 0 Å². The van der Waals surface area contributed by atoms with E-state index in [1.54, 1.807) is 24.3 Å². The molecule has 7 nitrogen and oxygen atoms in total. The summed E-state index contributed by atoms with van der Waals surface area (Å²) in [6.07, 6.45) is -2.05. The molecule has 0 aliphatic rings. The van der Waals surface area contributed by atoms with E-state index in [0.717, 1.165) is 16.5 Å². The van der Waals surface area contributed by atoms with E-state index in [4.69, 9.17) is 11.6 Å². The van der Waals surface area contributed by atoms with Crippen molar-refractivity contribution in [1.29, 1.82) is 0 Å². The highest BCUT2D eigenvalue weighted by atomic mass is 35.5. The van der Waals surface area contributed by atoms with Crippen LogP contribution in [0.25, 0.3) is 11.3 Å². The van der Waals surface area contributed by atoms with E-state index in [1.807, 2.05) is 0 Å². The lowest BCUT2D eigenvalue weighted by atomic mass is 10.1. The van der Waals surface area contributed by atoms with Gasteiger partial charge in [-0.1, -0.05) is 23.7 Å². The van der Waals surface area contributed by atoms with Crippen molar-refractivity contribution in [1.82, 2.24) is 25.4 Å². The number of carbonyl (C=O) groups is 1. The molecule has 0 atom stereocenters. The zero-order valence-electron chi connectivity index (χ0n) is 13.5. The van der Waals surface area contributed by atoms with Crippen molar-refractivity contribution >= 4 is 23.7 Å². The van der Waals surface area contributed by atoms with Crippen molar-refractivity contribution in [2.24, 2.45) is 5.10 Å². The first kappa shape index (κ1) is 18.6. The van der Waals surface area contributed by atoms with Gasteiger partial charge in [-0.3, -0.25) is 14.6 Å². The molecule has 0 radical (unpaired) electrons. The maximum absolute atomic E-state index is 12.3. The van der Waals surface area contributed by atoms with Crippen LogP contribution in [0.3, 0.4) is 0 Å². The van der Waals surface area contributed by atoms with Gasteiger partial charge in [-0.25, -0.2) is 5.43 Å². The highest BCUT2D eigenvalue weighted by Gasteiger charge is 2.28. The Hall–Kier alpha value is -3.14. The second kappa shape index (κ2) is 7.62. The Kier molecular flexibility index (Phi) is 5.26. The number of nitrogens with one attached hydrogen (secondary N) is 2. The summed E-state index contributed by atoms with van der Waals surface area (Å²) in [7, 11) is 0. The van der Waals surface area contributed by atoms with Crippen molar-refractivity contribution in [3.63, 3.8) is 0 Å². The summed E-state index contributed by atoms with van der Waals surface area (Å²) in [5, 5.41) is 14.6. The molecule has 0 unspecified atom stereocenters. The molecule has 0 saturated carbocycles. The van der Waals surface area contributed by atoms with Crippen molar-refractivity contribution in [3.05, 3.63) is 59.0 Å². The summed E-state index contributed by atoms with van der Waals surface area (Å²) >= 11 is 5.83. The van der Waals surface area contributed by atoms with Gasteiger partial charge in [-0.2, -0.15) is 28.5 Å². The SMILES string of the molecule is O=C(NN=Cc1ccn(CC(F)(F)F)n1)c1cc(-c2ccc(Cl)cc2)n[nH]1. The molecule has 0 aliphatic heterocycles. The van der Waals surface area contributed by atoms with Gasteiger partial charge >= 0.3 is 6.18 Å². The van der Waals surface area contributed by atoms with Gasteiger partial charge in [0, 0.05) is 16.8 Å². The third-order valence-corrected chi connectivity index (χ3v) is 3.58. The number of hydrogen-bond acceptors (Lipinski definition) is 4. The third-order valence-electron chi connectivity index (χ3n) is 3.33. The molecule has 0 bridgehead atoms. The molecule has 2 aromatic heterocycles. The van der Waals surface area contributed by atoms with Gasteiger partial charge in [-0.05, 0) is 24.3 Å². The first-order valence-electron chi connectivity index (χ1n) is 7.55. The minimum absolute atomic E-state index is 0.166. The van der Waals surface area contributed by atoms with Gasteiger partial charge in [0.05, 0.1) is 11.9 Å². The fourth-order valence-electron chi connectivity index (χ4n) is 2.14. The maximum Gasteiger partial charge on any atom is 0.408 e. The van der Waals surface area contributed by atoms with Crippen LogP contribution in [0.5, 0.6) is 0 Å². The van der Waals surface area contributed by atoms with Crippen LogP contribution in [0.2, 0.25) is 5.02 Å². The van der Waals surface area contributed by atoms with Crippen molar-refractivity contribution in [2.45, 2.75) is 12.7 Å². The maximum atomic E-state index is 12.3. The van der Waals surface area contributed by atoms with Crippen molar-refractivity contribution in [3.8, 4) is 11.3 Å². The molecule has 27 heavy (non-hydrogen) atoms. The zero-order valence-corrected chi connectivity index (χ0v) is 14.3. The number of hydrazone groups is 1. The van der Waals surface area contributed by atoms with Crippen LogP contribution in [-0.2, 0) is 6.54 Å². The predicted octanol–water partition coefficient (Wildman–Crippen LogP) is 3.25. The summed E-state index contributed by atoms with van der Waals surface area (Å²) in [4.78, 5) is 12.0. The van der Waals surface area contributed by atoms with E-state index in [1.165, 1.54) is 18.3 Å². The molecule has 1 amide bonds. The van der Waals surface area contributed by atoms with Crippen molar-refractivity contribution < 1.29 is 18.0 Å². The van der Waals surface area contributed by atoms with E-state index >= 15 is 0 Å². The molecule has 2 heterocycles. The van der Waals surface area contributed by atoms with E-state index < -0.39 is 18.6 Å². The molecule has 1 aromatic carbocycles. The standard InChI is InChI=1S/C16H12ClF3N6O/c17-11-3-1-10(2-4-11)13-7-14(23-22-13)15(27)24-21-8-12-5-6-26(25-12)9-16(18,19)20/h1-8H,9H2,(H,22,23)(H,24,27). The number of aromatic amines is 1. The summed E-state index contributed by atoms with van der Waals surface area (Å²) in [5.74, 6) is -0.561. The number of alkyl halides is 3. The van der Waals surface area contributed by atoms with Crippen molar-refractivity contribution in [2.75, 3.05) is 0 Å². The number of nitrogens with zero attached hydrogens (tertiary/aromatic N) is 4. The second-order valence-corrected chi connectivity index (χ2v) is 5.86. The van der Waals surface area contributed by atoms with Crippen LogP contribution in [-0.4, -0.2) is 38.3 Å². The molecule has 140 valence electrons. The minimum Gasteiger partial charge on any atom is -0.272 e. The molecule has 0 spiro atoms. The minimum atomic E-state index is -4.36. The van der Waals surface area contributed by atoms with Gasteiger partial charge in [0.1, 0.15) is 17.9 Å². The molecule has 11 heteroatoms. The van der Waals surface area contributed by atoms with E-state index in [2.05, 4.69) is 25.8 Å². The number of H-pyrrole nitrogens is 1.